The lowest BCUT2D eigenvalue weighted by molar-refractivity contribution is 0.774. The van der Waals surface area contributed by atoms with Gasteiger partial charge in [0.1, 0.15) is 17.5 Å². The van der Waals surface area contributed by atoms with E-state index in [1.165, 1.54) is 0 Å². The quantitative estimate of drug-likeness (QED) is 0.797. The summed E-state index contributed by atoms with van der Waals surface area (Å²) in [4.78, 5) is 8.98. The fourth-order valence-corrected chi connectivity index (χ4v) is 1.38. The highest BCUT2D eigenvalue weighted by molar-refractivity contribution is 5.57. The van der Waals surface area contributed by atoms with Gasteiger partial charge in [-0.3, -0.25) is 0 Å². The molecule has 0 aliphatic heterocycles. The summed E-state index contributed by atoms with van der Waals surface area (Å²) in [6, 6.07) is 0. The molecule has 84 valence electrons. The van der Waals surface area contributed by atoms with Crippen molar-refractivity contribution in [2.45, 2.75) is 33.6 Å². The van der Waals surface area contributed by atoms with Gasteiger partial charge in [-0.05, 0) is 13.8 Å². The van der Waals surface area contributed by atoms with Gasteiger partial charge >= 0.3 is 0 Å². The summed E-state index contributed by atoms with van der Waals surface area (Å²) in [6.45, 7) is 9.15. The fourth-order valence-electron chi connectivity index (χ4n) is 1.38. The van der Waals surface area contributed by atoms with Crippen LogP contribution in [0.25, 0.3) is 0 Å². The van der Waals surface area contributed by atoms with Crippen molar-refractivity contribution in [3.63, 3.8) is 0 Å². The monoisotopic (exact) mass is 208 g/mol. The minimum atomic E-state index is 0.343. The van der Waals surface area contributed by atoms with E-state index in [-0.39, 0.29) is 0 Å². The fraction of sp³-hybridized carbons (Fsp3) is 0.636. The van der Waals surface area contributed by atoms with Gasteiger partial charge in [0, 0.05) is 25.1 Å². The first-order chi connectivity index (χ1) is 7.10. The molecular formula is C11H20N4. The van der Waals surface area contributed by atoms with E-state index in [4.69, 9.17) is 0 Å². The molecule has 0 radical (unpaired) electrons. The summed E-state index contributed by atoms with van der Waals surface area (Å²) < 4.78 is 0. The molecular weight excluding hydrogens is 188 g/mol. The van der Waals surface area contributed by atoms with Crippen LogP contribution in [0.2, 0.25) is 0 Å². The number of nitrogens with one attached hydrogen (secondary N) is 2. The van der Waals surface area contributed by atoms with Gasteiger partial charge in [0.2, 0.25) is 0 Å². The Bertz CT molecular complexity index is 334. The maximum Gasteiger partial charge on any atom is 0.135 e. The van der Waals surface area contributed by atoms with Crippen LogP contribution >= 0.6 is 0 Å². The van der Waals surface area contributed by atoms with Crippen molar-refractivity contribution in [2.75, 3.05) is 24.2 Å². The number of anilines is 2. The average molecular weight is 208 g/mol. The van der Waals surface area contributed by atoms with Gasteiger partial charge in [0.25, 0.3) is 0 Å². The molecule has 0 aliphatic rings. The zero-order valence-electron chi connectivity index (χ0n) is 10.2. The zero-order valence-corrected chi connectivity index (χ0v) is 10.2. The predicted molar refractivity (Wildman–Crippen MR) is 64.6 cm³/mol. The molecule has 1 aromatic rings. The molecule has 2 N–H and O–H groups in total. The Morgan fingerprint density at radius 1 is 1.20 bits per heavy atom. The predicted octanol–water partition coefficient (Wildman–Crippen LogP) is 2.38. The van der Waals surface area contributed by atoms with Crippen molar-refractivity contribution in [2.24, 2.45) is 0 Å². The van der Waals surface area contributed by atoms with Gasteiger partial charge < -0.3 is 10.6 Å². The normalized spacial score (nSPS) is 10.5. The van der Waals surface area contributed by atoms with Gasteiger partial charge in [-0.25, -0.2) is 9.97 Å². The summed E-state index contributed by atoms with van der Waals surface area (Å²) >= 11 is 0. The van der Waals surface area contributed by atoms with Crippen molar-refractivity contribution in [1.82, 2.24) is 9.97 Å². The van der Waals surface area contributed by atoms with E-state index in [1.54, 1.807) is 0 Å². The van der Waals surface area contributed by atoms with Gasteiger partial charge in [0.15, 0.2) is 0 Å². The number of aromatic nitrogens is 2. The number of rotatable bonds is 4. The molecule has 0 saturated carbocycles. The summed E-state index contributed by atoms with van der Waals surface area (Å²) in [5.41, 5.74) is 1.07. The van der Waals surface area contributed by atoms with Crippen LogP contribution in [0, 0.1) is 6.92 Å². The first-order valence-corrected chi connectivity index (χ1v) is 5.40. The molecule has 4 nitrogen and oxygen atoms in total. The van der Waals surface area contributed by atoms with Crippen LogP contribution in [0.1, 0.15) is 38.1 Å². The molecule has 1 aromatic heterocycles. The minimum absolute atomic E-state index is 0.343. The molecule has 1 rings (SSSR count). The summed E-state index contributed by atoms with van der Waals surface area (Å²) in [5.74, 6) is 3.06. The molecule has 1 heterocycles. The highest BCUT2D eigenvalue weighted by Crippen LogP contribution is 2.22. The summed E-state index contributed by atoms with van der Waals surface area (Å²) in [5, 5.41) is 6.35. The van der Waals surface area contributed by atoms with Crippen molar-refractivity contribution < 1.29 is 0 Å². The molecule has 0 amide bonds. The number of nitrogens with zero attached hydrogens (tertiary/aromatic N) is 2. The lowest BCUT2D eigenvalue weighted by Gasteiger charge is -2.14. The van der Waals surface area contributed by atoms with Crippen molar-refractivity contribution in [1.29, 1.82) is 0 Å². The molecule has 0 saturated heterocycles. The smallest absolute Gasteiger partial charge is 0.135 e. The minimum Gasteiger partial charge on any atom is -0.373 e. The molecule has 0 bridgehead atoms. The van der Waals surface area contributed by atoms with Gasteiger partial charge in [-0.15, -0.1) is 0 Å². The second-order valence-corrected chi connectivity index (χ2v) is 3.84. The molecule has 15 heavy (non-hydrogen) atoms. The third-order valence-electron chi connectivity index (χ3n) is 2.26. The first kappa shape index (κ1) is 11.8. The molecule has 0 fully saturated rings. The molecule has 4 heteroatoms. The topological polar surface area (TPSA) is 49.8 Å². The first-order valence-electron chi connectivity index (χ1n) is 5.40. The maximum absolute atomic E-state index is 4.51. The Hall–Kier alpha value is -1.32. The highest BCUT2D eigenvalue weighted by Gasteiger charge is 2.11. The zero-order chi connectivity index (χ0) is 11.4. The van der Waals surface area contributed by atoms with Crippen LogP contribution < -0.4 is 10.6 Å². The van der Waals surface area contributed by atoms with Crippen LogP contribution in [-0.4, -0.2) is 23.6 Å². The Kier molecular flexibility index (Phi) is 3.88. The molecule has 0 aromatic carbocycles. The van der Waals surface area contributed by atoms with Crippen molar-refractivity contribution in [3.8, 4) is 0 Å². The van der Waals surface area contributed by atoms with E-state index in [0.717, 1.165) is 29.6 Å². The van der Waals surface area contributed by atoms with Gasteiger partial charge in [-0.1, -0.05) is 13.8 Å². The Morgan fingerprint density at radius 2 is 1.80 bits per heavy atom. The second kappa shape index (κ2) is 4.96. The van der Waals surface area contributed by atoms with Crippen molar-refractivity contribution >= 4 is 11.6 Å². The lowest BCUT2D eigenvalue weighted by Crippen LogP contribution is -2.10. The highest BCUT2D eigenvalue weighted by atomic mass is 15.1. The molecule has 0 atom stereocenters. The van der Waals surface area contributed by atoms with Crippen LogP contribution in [-0.2, 0) is 0 Å². The molecule has 0 spiro atoms. The standard InChI is InChI=1S/C11H20N4/c1-6-13-11-8(4)10(12-5)14-9(15-11)7(2)3/h7H,6H2,1-5H3,(H2,12,13,14,15). The van der Waals surface area contributed by atoms with Crippen LogP contribution in [0.3, 0.4) is 0 Å². The van der Waals surface area contributed by atoms with E-state index in [2.05, 4.69) is 41.4 Å². The van der Waals surface area contributed by atoms with Crippen LogP contribution in [0.5, 0.6) is 0 Å². The van der Waals surface area contributed by atoms with E-state index >= 15 is 0 Å². The van der Waals surface area contributed by atoms with Gasteiger partial charge in [0.05, 0.1) is 0 Å². The van der Waals surface area contributed by atoms with Crippen LogP contribution in [0.4, 0.5) is 11.6 Å². The molecule has 0 aliphatic carbocycles. The number of hydrogen-bond acceptors (Lipinski definition) is 4. The molecule has 0 unspecified atom stereocenters. The van der Waals surface area contributed by atoms with Crippen LogP contribution in [0.15, 0.2) is 0 Å². The lowest BCUT2D eigenvalue weighted by atomic mass is 10.2. The largest absolute Gasteiger partial charge is 0.373 e. The third-order valence-corrected chi connectivity index (χ3v) is 2.26. The maximum atomic E-state index is 4.51. The third kappa shape index (κ3) is 2.58. The second-order valence-electron chi connectivity index (χ2n) is 3.84. The average Bonchev–Trinajstić information content (AvgIpc) is 2.21. The Morgan fingerprint density at radius 3 is 2.27 bits per heavy atom. The Balaban J connectivity index is 3.19. The van der Waals surface area contributed by atoms with E-state index in [0.29, 0.717) is 5.92 Å². The van der Waals surface area contributed by atoms with E-state index in [1.807, 2.05) is 14.0 Å². The summed E-state index contributed by atoms with van der Waals surface area (Å²) in [7, 11) is 1.88. The van der Waals surface area contributed by atoms with Gasteiger partial charge in [-0.2, -0.15) is 0 Å². The van der Waals surface area contributed by atoms with E-state index < -0.39 is 0 Å². The SMILES string of the molecule is CCNc1nc(C(C)C)nc(NC)c1C. The number of hydrogen-bond donors (Lipinski definition) is 2. The Labute approximate surface area is 91.5 Å². The van der Waals surface area contributed by atoms with E-state index in [9.17, 15) is 0 Å². The summed E-state index contributed by atoms with van der Waals surface area (Å²) in [6.07, 6.45) is 0. The van der Waals surface area contributed by atoms with Crippen molar-refractivity contribution in [3.05, 3.63) is 11.4 Å².